The van der Waals surface area contributed by atoms with Crippen molar-refractivity contribution in [3.63, 3.8) is 0 Å². The fraction of sp³-hybridized carbons (Fsp3) is 0.250. The number of allylic oxidation sites excluding steroid dienone is 2. The van der Waals surface area contributed by atoms with Crippen LogP contribution in [-0.4, -0.2) is 23.6 Å². The molecule has 7 heteroatoms. The fourth-order valence-electron chi connectivity index (χ4n) is 3.83. The van der Waals surface area contributed by atoms with Gasteiger partial charge < -0.3 is 4.74 Å². The molecule has 1 N–H and O–H groups in total. The summed E-state index contributed by atoms with van der Waals surface area (Å²) in [6, 6.07) is 10.1. The number of nitrogens with zero attached hydrogens (tertiary/aromatic N) is 1. The van der Waals surface area contributed by atoms with Crippen LogP contribution in [0, 0.1) is 23.1 Å². The molecule has 2 atom stereocenters. The third-order valence-electron chi connectivity index (χ3n) is 5.46. The summed E-state index contributed by atoms with van der Waals surface area (Å²) in [5.74, 6) is -2.55. The molecular weight excluding hydrogens is 399 g/mol. The van der Waals surface area contributed by atoms with Gasteiger partial charge in [-0.3, -0.25) is 14.9 Å². The van der Waals surface area contributed by atoms with Crippen molar-refractivity contribution in [1.29, 1.82) is 0 Å². The second-order valence-corrected chi connectivity index (χ2v) is 8.66. The van der Waals surface area contributed by atoms with Gasteiger partial charge in [0.1, 0.15) is 5.82 Å². The first-order chi connectivity index (χ1) is 14.6. The Balaban J connectivity index is 1.66. The summed E-state index contributed by atoms with van der Waals surface area (Å²) in [6.45, 7) is 5.78. The molecule has 1 saturated heterocycles. The molecule has 0 aliphatic carbocycles. The number of fused-ring (bicyclic) bond motifs is 1. The molecule has 2 unspecified atom stereocenters. The van der Waals surface area contributed by atoms with Crippen LogP contribution in [0.25, 0.3) is 10.8 Å². The molecule has 31 heavy (non-hydrogen) atoms. The standard InChI is InChI=1S/C24H21FN2O4/c1-24(2,3)17(12-20-22(29)27-23(30)31-20)15-9-10-19(26-21(15)28)14-8-7-13-5-4-6-18(25)16(13)11-14/h4-12,15,17H,1-3H3,(H,27,29,30). The zero-order valence-electron chi connectivity index (χ0n) is 17.3. The van der Waals surface area contributed by atoms with Crippen molar-refractivity contribution in [3.8, 4) is 0 Å². The van der Waals surface area contributed by atoms with Crippen molar-refractivity contribution in [1.82, 2.24) is 5.32 Å². The van der Waals surface area contributed by atoms with Crippen LogP contribution in [0.1, 0.15) is 26.3 Å². The number of amides is 3. The molecule has 0 saturated carbocycles. The van der Waals surface area contributed by atoms with Gasteiger partial charge in [-0.1, -0.05) is 51.1 Å². The monoisotopic (exact) mass is 420 g/mol. The number of alkyl carbamates (subject to hydrolysis) is 1. The van der Waals surface area contributed by atoms with E-state index < -0.39 is 29.3 Å². The number of hydrogen-bond donors (Lipinski definition) is 1. The number of halogens is 1. The second kappa shape index (κ2) is 7.58. The topological polar surface area (TPSA) is 84.8 Å². The van der Waals surface area contributed by atoms with Gasteiger partial charge in [0.15, 0.2) is 5.76 Å². The lowest BCUT2D eigenvalue weighted by Crippen LogP contribution is -2.33. The van der Waals surface area contributed by atoms with Crippen LogP contribution in [0.15, 0.2) is 65.4 Å². The number of cyclic esters (lactones) is 1. The van der Waals surface area contributed by atoms with Gasteiger partial charge in [0, 0.05) is 16.9 Å². The van der Waals surface area contributed by atoms with Crippen LogP contribution >= 0.6 is 0 Å². The lowest BCUT2D eigenvalue weighted by molar-refractivity contribution is -0.122. The number of benzene rings is 2. The molecule has 2 aromatic carbocycles. The molecule has 0 radical (unpaired) electrons. The molecule has 0 bridgehead atoms. The summed E-state index contributed by atoms with van der Waals surface area (Å²) in [5, 5.41) is 3.27. The van der Waals surface area contributed by atoms with Crippen LogP contribution in [0.5, 0.6) is 0 Å². The molecule has 2 heterocycles. The van der Waals surface area contributed by atoms with Crippen molar-refractivity contribution >= 4 is 34.4 Å². The van der Waals surface area contributed by atoms with Crippen molar-refractivity contribution in [2.75, 3.05) is 0 Å². The molecule has 0 spiro atoms. The average molecular weight is 420 g/mol. The molecule has 2 aliphatic heterocycles. The highest BCUT2D eigenvalue weighted by Crippen LogP contribution is 2.37. The first-order valence-corrected chi connectivity index (χ1v) is 9.88. The van der Waals surface area contributed by atoms with Gasteiger partial charge in [0.05, 0.1) is 11.6 Å². The first-order valence-electron chi connectivity index (χ1n) is 9.88. The predicted molar refractivity (Wildman–Crippen MR) is 114 cm³/mol. The molecular formula is C24H21FN2O4. The summed E-state index contributed by atoms with van der Waals surface area (Å²) in [4.78, 5) is 40.4. The van der Waals surface area contributed by atoms with Gasteiger partial charge in [-0.05, 0) is 35.1 Å². The lowest BCUT2D eigenvalue weighted by Gasteiger charge is -2.33. The van der Waals surface area contributed by atoms with Crippen LogP contribution in [0.2, 0.25) is 0 Å². The number of carbonyl (C=O) groups is 3. The normalized spacial score (nSPS) is 21.3. The first kappa shape index (κ1) is 20.7. The summed E-state index contributed by atoms with van der Waals surface area (Å²) in [7, 11) is 0. The Kier molecular flexibility index (Phi) is 5.05. The molecule has 2 aromatic rings. The summed E-state index contributed by atoms with van der Waals surface area (Å²) in [6.07, 6.45) is 4.14. The number of aliphatic imine (C=N–C) groups is 1. The highest BCUT2D eigenvalue weighted by molar-refractivity contribution is 6.16. The van der Waals surface area contributed by atoms with E-state index in [0.717, 1.165) is 5.39 Å². The Hall–Kier alpha value is -3.61. The van der Waals surface area contributed by atoms with E-state index in [1.807, 2.05) is 26.8 Å². The molecule has 4 rings (SSSR count). The lowest BCUT2D eigenvalue weighted by atomic mass is 9.71. The zero-order chi connectivity index (χ0) is 22.3. The Morgan fingerprint density at radius 1 is 1.16 bits per heavy atom. The van der Waals surface area contributed by atoms with E-state index in [9.17, 15) is 18.8 Å². The zero-order valence-corrected chi connectivity index (χ0v) is 17.3. The smallest absolute Gasteiger partial charge is 0.404 e. The van der Waals surface area contributed by atoms with Crippen molar-refractivity contribution < 1.29 is 23.5 Å². The van der Waals surface area contributed by atoms with Gasteiger partial charge >= 0.3 is 6.09 Å². The fourth-order valence-corrected chi connectivity index (χ4v) is 3.83. The van der Waals surface area contributed by atoms with E-state index in [-0.39, 0.29) is 17.5 Å². The van der Waals surface area contributed by atoms with E-state index in [4.69, 9.17) is 4.74 Å². The number of carbonyl (C=O) groups excluding carboxylic acids is 3. The summed E-state index contributed by atoms with van der Waals surface area (Å²) >= 11 is 0. The van der Waals surface area contributed by atoms with Gasteiger partial charge in [0.2, 0.25) is 0 Å². The predicted octanol–water partition coefficient (Wildman–Crippen LogP) is 4.29. The maximum Gasteiger partial charge on any atom is 0.419 e. The van der Waals surface area contributed by atoms with Gasteiger partial charge in [-0.15, -0.1) is 0 Å². The third-order valence-corrected chi connectivity index (χ3v) is 5.46. The van der Waals surface area contributed by atoms with E-state index in [1.54, 1.807) is 36.4 Å². The van der Waals surface area contributed by atoms with Crippen LogP contribution in [0.3, 0.4) is 0 Å². The third kappa shape index (κ3) is 4.03. The Labute approximate surface area is 178 Å². The van der Waals surface area contributed by atoms with Crippen molar-refractivity contribution in [3.05, 3.63) is 71.8 Å². The Morgan fingerprint density at radius 3 is 2.58 bits per heavy atom. The molecule has 158 valence electrons. The Morgan fingerprint density at radius 2 is 1.94 bits per heavy atom. The number of hydrogen-bond acceptors (Lipinski definition) is 4. The quantitative estimate of drug-likeness (QED) is 0.751. The number of rotatable bonds is 3. The van der Waals surface area contributed by atoms with Crippen molar-refractivity contribution in [2.24, 2.45) is 22.2 Å². The van der Waals surface area contributed by atoms with E-state index in [2.05, 4.69) is 10.3 Å². The number of nitrogens with one attached hydrogen (secondary N) is 1. The van der Waals surface area contributed by atoms with E-state index >= 15 is 0 Å². The highest BCUT2D eigenvalue weighted by Gasteiger charge is 2.38. The minimum atomic E-state index is -0.835. The maximum atomic E-state index is 14.2. The van der Waals surface area contributed by atoms with E-state index in [1.165, 1.54) is 12.1 Å². The number of ether oxygens (including phenoxy) is 1. The molecule has 6 nitrogen and oxygen atoms in total. The SMILES string of the molecule is CC(C)(C)C(C=C1OC(=O)NC1=O)C1C=CC(c2ccc3cccc(F)c3c2)=NC1=O. The van der Waals surface area contributed by atoms with Gasteiger partial charge in [0.25, 0.3) is 11.8 Å². The van der Waals surface area contributed by atoms with Crippen molar-refractivity contribution in [2.45, 2.75) is 20.8 Å². The van der Waals surface area contributed by atoms with E-state index in [0.29, 0.717) is 16.7 Å². The maximum absolute atomic E-state index is 14.2. The molecule has 0 aromatic heterocycles. The molecule has 2 aliphatic rings. The largest absolute Gasteiger partial charge is 0.419 e. The number of imide groups is 1. The second-order valence-electron chi connectivity index (χ2n) is 8.66. The van der Waals surface area contributed by atoms with Gasteiger partial charge in [-0.25, -0.2) is 14.2 Å². The van der Waals surface area contributed by atoms with Gasteiger partial charge in [-0.2, -0.15) is 0 Å². The Bertz CT molecular complexity index is 1200. The minimum absolute atomic E-state index is 0.120. The molecule has 3 amide bonds. The summed E-state index contributed by atoms with van der Waals surface area (Å²) < 4.78 is 19.1. The average Bonchev–Trinajstić information content (AvgIpc) is 3.02. The minimum Gasteiger partial charge on any atom is -0.404 e. The highest BCUT2D eigenvalue weighted by atomic mass is 19.1. The number of dihydropyridines is 1. The van der Waals surface area contributed by atoms with Crippen LogP contribution in [0.4, 0.5) is 9.18 Å². The molecule has 1 fully saturated rings. The van der Waals surface area contributed by atoms with Crippen LogP contribution < -0.4 is 5.32 Å². The van der Waals surface area contributed by atoms with Crippen LogP contribution in [-0.2, 0) is 14.3 Å². The summed E-state index contributed by atoms with van der Waals surface area (Å²) in [5.41, 5.74) is 0.652.